The van der Waals surface area contributed by atoms with Crippen molar-refractivity contribution in [3.63, 3.8) is 0 Å². The van der Waals surface area contributed by atoms with Gasteiger partial charge in [-0.2, -0.15) is 0 Å². The first-order chi connectivity index (χ1) is 12.4. The molecule has 2 N–H and O–H groups in total. The predicted octanol–water partition coefficient (Wildman–Crippen LogP) is 4.50. The molecule has 0 fully saturated rings. The fourth-order valence-electron chi connectivity index (χ4n) is 3.00. The zero-order valence-electron chi connectivity index (χ0n) is 16.9. The van der Waals surface area contributed by atoms with Gasteiger partial charge in [-0.15, -0.1) is 0 Å². The molecular weight excluding hydrogens is 378 g/mol. The summed E-state index contributed by atoms with van der Waals surface area (Å²) in [5, 5.41) is 0.891. The Morgan fingerprint density at radius 2 is 1.07 bits per heavy atom. The van der Waals surface area contributed by atoms with Crippen molar-refractivity contribution in [2.75, 3.05) is 0 Å². The molecule has 0 amide bonds. The lowest BCUT2D eigenvalue weighted by atomic mass is 10.0. The lowest BCUT2D eigenvalue weighted by molar-refractivity contribution is 0.479. The number of hydrogen-bond donors (Lipinski definition) is 2. The maximum Gasteiger partial charge on any atom is 0.232 e. The molecule has 0 aliphatic rings. The average molecular weight is 408 g/mol. The van der Waals surface area contributed by atoms with Crippen LogP contribution in [0.15, 0.2) is 36.4 Å². The lowest BCUT2D eigenvalue weighted by Crippen LogP contribution is -2.21. The molecule has 2 aromatic carbocycles. The summed E-state index contributed by atoms with van der Waals surface area (Å²) in [5.41, 5.74) is 2.51. The molecule has 0 aromatic heterocycles. The van der Waals surface area contributed by atoms with E-state index in [1.165, 1.54) is 0 Å². The van der Waals surface area contributed by atoms with Gasteiger partial charge in [0.2, 0.25) is 14.7 Å². The lowest BCUT2D eigenvalue weighted by Gasteiger charge is -2.23. The van der Waals surface area contributed by atoms with E-state index < -0.39 is 26.1 Å². The number of rotatable bonds is 6. The number of hydrogen-bond acceptors (Lipinski definition) is 2. The van der Waals surface area contributed by atoms with Crippen LogP contribution >= 0.6 is 14.7 Å². The first kappa shape index (κ1) is 22.1. The van der Waals surface area contributed by atoms with E-state index in [-0.39, 0.29) is 0 Å². The van der Waals surface area contributed by atoms with Crippen LogP contribution in [0.25, 0.3) is 0 Å². The Bertz CT molecular complexity index is 856. The maximum absolute atomic E-state index is 13.0. The van der Waals surface area contributed by atoms with Crippen molar-refractivity contribution < 1.29 is 18.9 Å². The van der Waals surface area contributed by atoms with Crippen LogP contribution in [0.5, 0.6) is 0 Å². The molecule has 6 heteroatoms. The topological polar surface area (TPSA) is 74.6 Å². The summed E-state index contributed by atoms with van der Waals surface area (Å²) >= 11 is 0. The molecule has 0 saturated carbocycles. The highest BCUT2D eigenvalue weighted by molar-refractivity contribution is 7.67. The van der Waals surface area contributed by atoms with E-state index >= 15 is 0 Å². The van der Waals surface area contributed by atoms with Crippen molar-refractivity contribution in [3.8, 4) is 0 Å². The van der Waals surface area contributed by atoms with Crippen LogP contribution < -0.4 is 10.6 Å². The van der Waals surface area contributed by atoms with Gasteiger partial charge in [0.1, 0.15) is 0 Å². The zero-order chi connectivity index (χ0) is 20.6. The van der Waals surface area contributed by atoms with Crippen molar-refractivity contribution in [3.05, 3.63) is 58.7 Å². The number of benzene rings is 2. The Kier molecular flexibility index (Phi) is 6.59. The van der Waals surface area contributed by atoms with Crippen LogP contribution in [0.2, 0.25) is 0 Å². The molecule has 2 rings (SSSR count). The Hall–Kier alpha value is -1.18. The van der Waals surface area contributed by atoms with Gasteiger partial charge in [0.15, 0.2) is 0 Å². The molecule has 0 spiro atoms. The summed E-state index contributed by atoms with van der Waals surface area (Å²) in [4.78, 5) is 21.3. The third-order valence-corrected chi connectivity index (χ3v) is 9.97. The van der Waals surface area contributed by atoms with E-state index in [4.69, 9.17) is 0 Å². The third-order valence-electron chi connectivity index (χ3n) is 4.95. The highest BCUT2D eigenvalue weighted by Gasteiger charge is 2.31. The van der Waals surface area contributed by atoms with Gasteiger partial charge in [0.25, 0.3) is 0 Å². The minimum absolute atomic E-state index is 0.347. The second kappa shape index (κ2) is 8.05. The zero-order valence-corrected chi connectivity index (χ0v) is 18.7. The Labute approximate surface area is 162 Å². The molecule has 0 aliphatic carbocycles. The van der Waals surface area contributed by atoms with Gasteiger partial charge in [-0.3, -0.25) is 9.13 Å². The van der Waals surface area contributed by atoms with Gasteiger partial charge in [0.05, 0.1) is 0 Å². The van der Waals surface area contributed by atoms with Crippen molar-refractivity contribution in [1.29, 1.82) is 0 Å². The summed E-state index contributed by atoms with van der Waals surface area (Å²) < 4.78 is 25.9. The molecule has 2 unspecified atom stereocenters. The minimum atomic E-state index is -3.53. The molecule has 27 heavy (non-hydrogen) atoms. The average Bonchev–Trinajstić information content (AvgIpc) is 2.57. The van der Waals surface area contributed by atoms with Gasteiger partial charge in [-0.05, 0) is 43.5 Å². The van der Waals surface area contributed by atoms with Gasteiger partial charge < -0.3 is 9.79 Å². The maximum atomic E-state index is 13.0. The SMILES string of the molecule is Cc1ccc(Cc2ccc(C)cc2P(=O)(O)C(C)C)c(P(=O)(O)C(C)C)c1. The molecule has 148 valence electrons. The third kappa shape index (κ3) is 4.63. The Morgan fingerprint density at radius 1 is 0.741 bits per heavy atom. The summed E-state index contributed by atoms with van der Waals surface area (Å²) in [6.07, 6.45) is 0.347. The van der Waals surface area contributed by atoms with E-state index in [0.717, 1.165) is 22.3 Å². The van der Waals surface area contributed by atoms with Crippen LogP contribution in [-0.4, -0.2) is 21.1 Å². The highest BCUT2D eigenvalue weighted by atomic mass is 31.2. The predicted molar refractivity (Wildman–Crippen MR) is 114 cm³/mol. The molecule has 0 saturated heterocycles. The quantitative estimate of drug-likeness (QED) is 0.690. The Balaban J connectivity index is 2.63. The first-order valence-corrected chi connectivity index (χ1v) is 12.7. The summed E-state index contributed by atoms with van der Waals surface area (Å²) in [6.45, 7) is 10.8. The fraction of sp³-hybridized carbons (Fsp3) is 0.429. The molecule has 2 atom stereocenters. The molecule has 4 nitrogen and oxygen atoms in total. The van der Waals surface area contributed by atoms with E-state index in [0.29, 0.717) is 17.0 Å². The highest BCUT2D eigenvalue weighted by Crippen LogP contribution is 2.48. The molecule has 0 heterocycles. The van der Waals surface area contributed by atoms with Crippen molar-refractivity contribution >= 4 is 25.3 Å². The summed E-state index contributed by atoms with van der Waals surface area (Å²) in [6, 6.07) is 11.1. The van der Waals surface area contributed by atoms with E-state index in [9.17, 15) is 18.9 Å². The smallest absolute Gasteiger partial charge is 0.232 e. The van der Waals surface area contributed by atoms with Gasteiger partial charge in [0, 0.05) is 21.9 Å². The molecule has 0 radical (unpaired) electrons. The molecule has 0 aliphatic heterocycles. The normalized spacial score (nSPS) is 16.4. The van der Waals surface area contributed by atoms with Gasteiger partial charge in [-0.1, -0.05) is 63.1 Å². The van der Waals surface area contributed by atoms with Crippen molar-refractivity contribution in [1.82, 2.24) is 0 Å². The second-order valence-electron chi connectivity index (χ2n) is 7.87. The van der Waals surface area contributed by atoms with Crippen LogP contribution in [0.1, 0.15) is 49.9 Å². The first-order valence-electron chi connectivity index (χ1n) is 9.22. The monoisotopic (exact) mass is 408 g/mol. The number of aryl methyl sites for hydroxylation is 2. The Morgan fingerprint density at radius 3 is 1.37 bits per heavy atom. The van der Waals surface area contributed by atoms with Crippen LogP contribution in [-0.2, 0) is 15.6 Å². The van der Waals surface area contributed by atoms with Crippen molar-refractivity contribution in [2.24, 2.45) is 0 Å². The van der Waals surface area contributed by atoms with E-state index in [2.05, 4.69) is 0 Å². The standard InChI is InChI=1S/C21H30O4P2/c1-14(2)26(22,23)20-11-16(5)7-9-18(20)13-19-10-8-17(6)12-21(19)27(24,25)15(3)4/h7-12,14-15H,13H2,1-6H3,(H,22,23)(H,24,25). The second-order valence-corrected chi connectivity index (χ2v) is 13.4. The van der Waals surface area contributed by atoms with Gasteiger partial charge >= 0.3 is 0 Å². The molecular formula is C21H30O4P2. The van der Waals surface area contributed by atoms with E-state index in [1.807, 2.05) is 38.1 Å². The van der Waals surface area contributed by atoms with Crippen molar-refractivity contribution in [2.45, 2.75) is 59.3 Å². The largest absolute Gasteiger partial charge is 0.341 e. The molecule has 2 aromatic rings. The van der Waals surface area contributed by atoms with E-state index in [1.54, 1.807) is 39.8 Å². The van der Waals surface area contributed by atoms with Crippen LogP contribution in [0.3, 0.4) is 0 Å². The molecule has 0 bridgehead atoms. The summed E-state index contributed by atoms with van der Waals surface area (Å²) in [5.74, 6) is 0. The van der Waals surface area contributed by atoms with Crippen LogP contribution in [0.4, 0.5) is 0 Å². The van der Waals surface area contributed by atoms with Gasteiger partial charge in [-0.25, -0.2) is 0 Å². The fourth-order valence-corrected chi connectivity index (χ4v) is 6.02. The van der Waals surface area contributed by atoms with Crippen LogP contribution in [0, 0.1) is 13.8 Å². The summed E-state index contributed by atoms with van der Waals surface area (Å²) in [7, 11) is -7.07. The minimum Gasteiger partial charge on any atom is -0.341 e.